The number of carbonyl (C=O) groups excluding carboxylic acids is 1. The second kappa shape index (κ2) is 13.1. The SMILES string of the molecule is COc1cc(N2C[C@@H]3C[C@H](C2)N(C(=O)C2CC2)[C@H]3c2cc3c(C)nc4c(F)c(-c5cccc(Cl)c5Cl)c(CCC#N)cc4c3n2[C@H]2[C@H]3CN[C@@H]2C3)cc(C)n1. The highest BCUT2D eigenvalue weighted by Crippen LogP contribution is 2.54. The molecular weight excluding hydrogens is 736 g/mol. The summed E-state index contributed by atoms with van der Waals surface area (Å²) in [5.41, 5.74) is 6.52. The van der Waals surface area contributed by atoms with E-state index in [2.05, 4.69) is 42.9 Å². The van der Waals surface area contributed by atoms with Gasteiger partial charge in [-0.1, -0.05) is 35.3 Å². The highest BCUT2D eigenvalue weighted by Gasteiger charge is 2.55. The van der Waals surface area contributed by atoms with Crippen LogP contribution in [0.1, 0.15) is 66.8 Å². The number of carbonyl (C=O) groups is 1. The Labute approximate surface area is 329 Å². The number of fused-ring (bicyclic) bond motifs is 6. The van der Waals surface area contributed by atoms with Crippen molar-refractivity contribution >= 4 is 56.6 Å². The third-order valence-electron chi connectivity index (χ3n) is 13.0. The smallest absolute Gasteiger partial charge is 0.226 e. The van der Waals surface area contributed by atoms with E-state index >= 15 is 4.39 Å². The summed E-state index contributed by atoms with van der Waals surface area (Å²) in [5, 5.41) is 15.7. The summed E-state index contributed by atoms with van der Waals surface area (Å²) in [7, 11) is 1.64. The first-order valence-electron chi connectivity index (χ1n) is 19.5. The topological polar surface area (TPSA) is 99.3 Å². The van der Waals surface area contributed by atoms with Crippen molar-refractivity contribution in [3.63, 3.8) is 0 Å². The average molecular weight is 779 g/mol. The Balaban J connectivity index is 1.20. The van der Waals surface area contributed by atoms with Crippen LogP contribution in [0, 0.1) is 48.7 Å². The molecule has 6 fully saturated rings. The number of hydrogen-bond donors (Lipinski definition) is 1. The molecular formula is C43H42Cl2FN7O2. The predicted molar refractivity (Wildman–Crippen MR) is 212 cm³/mol. The lowest BCUT2D eigenvalue weighted by Crippen LogP contribution is -2.45. The van der Waals surface area contributed by atoms with Crippen molar-refractivity contribution in [3.8, 4) is 23.1 Å². The molecule has 3 aromatic heterocycles. The highest BCUT2D eigenvalue weighted by molar-refractivity contribution is 6.43. The van der Waals surface area contributed by atoms with Gasteiger partial charge in [-0.15, -0.1) is 0 Å². The van der Waals surface area contributed by atoms with Crippen LogP contribution in [-0.4, -0.2) is 64.2 Å². The van der Waals surface area contributed by atoms with Crippen molar-refractivity contribution < 1.29 is 13.9 Å². The van der Waals surface area contributed by atoms with Crippen LogP contribution < -0.4 is 15.0 Å². The van der Waals surface area contributed by atoms with Gasteiger partial charge in [0.15, 0.2) is 5.82 Å². The molecule has 1 N–H and O–H groups in total. The average Bonchev–Trinajstić information content (AvgIpc) is 3.45. The minimum absolute atomic E-state index is 0.0509. The zero-order valence-electron chi connectivity index (χ0n) is 31.1. The first kappa shape index (κ1) is 35.0. The molecule has 4 bridgehead atoms. The lowest BCUT2D eigenvalue weighted by atomic mass is 9.79. The number of aromatic nitrogens is 3. The molecule has 55 heavy (non-hydrogen) atoms. The number of pyridine rings is 2. The molecule has 6 aliphatic rings. The Morgan fingerprint density at radius 3 is 2.64 bits per heavy atom. The number of benzene rings is 2. The van der Waals surface area contributed by atoms with E-state index in [1.54, 1.807) is 25.3 Å². The van der Waals surface area contributed by atoms with Gasteiger partial charge in [-0.25, -0.2) is 14.4 Å². The van der Waals surface area contributed by atoms with Gasteiger partial charge in [-0.2, -0.15) is 5.26 Å². The molecule has 2 aliphatic carbocycles. The highest BCUT2D eigenvalue weighted by atomic mass is 35.5. The maximum absolute atomic E-state index is 17.4. The summed E-state index contributed by atoms with van der Waals surface area (Å²) in [6, 6.07) is 16.2. The second-order valence-electron chi connectivity index (χ2n) is 16.3. The third-order valence-corrected chi connectivity index (χ3v) is 13.8. The van der Waals surface area contributed by atoms with Crippen molar-refractivity contribution in [3.05, 3.63) is 81.0 Å². The van der Waals surface area contributed by atoms with Crippen molar-refractivity contribution in [1.29, 1.82) is 5.26 Å². The fourth-order valence-corrected chi connectivity index (χ4v) is 10.8. The number of nitrogens with zero attached hydrogens (tertiary/aromatic N) is 6. The monoisotopic (exact) mass is 777 g/mol. The van der Waals surface area contributed by atoms with Gasteiger partial charge in [-0.05, 0) is 81.7 Å². The van der Waals surface area contributed by atoms with E-state index in [0.29, 0.717) is 45.3 Å². The Kier molecular flexibility index (Phi) is 8.32. The van der Waals surface area contributed by atoms with Gasteiger partial charge < -0.3 is 24.4 Å². The summed E-state index contributed by atoms with van der Waals surface area (Å²) in [5.74, 6) is 1.03. The molecule has 4 aliphatic heterocycles. The molecule has 5 aromatic rings. The predicted octanol–water partition coefficient (Wildman–Crippen LogP) is 8.50. The number of likely N-dealkylation sites (tertiary alicyclic amines) is 1. The van der Waals surface area contributed by atoms with E-state index in [0.717, 1.165) is 79.0 Å². The molecule has 282 valence electrons. The lowest BCUT2D eigenvalue weighted by Gasteiger charge is -2.40. The largest absolute Gasteiger partial charge is 0.481 e. The molecule has 0 unspecified atom stereocenters. The summed E-state index contributed by atoms with van der Waals surface area (Å²) in [4.78, 5) is 28.7. The number of ether oxygens (including phenoxy) is 1. The van der Waals surface area contributed by atoms with E-state index in [1.807, 2.05) is 26.0 Å². The molecule has 1 amide bonds. The van der Waals surface area contributed by atoms with Gasteiger partial charge in [0.25, 0.3) is 0 Å². The van der Waals surface area contributed by atoms with Gasteiger partial charge in [-0.3, -0.25) is 4.79 Å². The zero-order valence-corrected chi connectivity index (χ0v) is 32.6. The Morgan fingerprint density at radius 2 is 1.91 bits per heavy atom. The summed E-state index contributed by atoms with van der Waals surface area (Å²) < 4.78 is 25.4. The minimum atomic E-state index is -0.468. The van der Waals surface area contributed by atoms with E-state index in [4.69, 9.17) is 32.9 Å². The van der Waals surface area contributed by atoms with E-state index in [1.165, 1.54) is 0 Å². The maximum Gasteiger partial charge on any atom is 0.226 e. The molecule has 0 radical (unpaired) electrons. The second-order valence-corrected chi connectivity index (χ2v) is 17.1. The summed E-state index contributed by atoms with van der Waals surface area (Å²) in [6.07, 6.45) is 4.42. The first-order chi connectivity index (χ1) is 26.6. The van der Waals surface area contributed by atoms with Crippen molar-refractivity contribution in [2.24, 2.45) is 17.8 Å². The van der Waals surface area contributed by atoms with Crippen LogP contribution in [0.4, 0.5) is 10.1 Å². The lowest BCUT2D eigenvalue weighted by molar-refractivity contribution is -0.135. The number of halogens is 3. The molecule has 7 heterocycles. The van der Waals surface area contributed by atoms with Gasteiger partial charge in [0.05, 0.1) is 46.9 Å². The number of nitriles is 1. The van der Waals surface area contributed by atoms with Crippen LogP contribution in [0.2, 0.25) is 10.0 Å². The summed E-state index contributed by atoms with van der Waals surface area (Å²) >= 11 is 13.2. The molecule has 2 aromatic carbocycles. The fourth-order valence-electron chi connectivity index (χ4n) is 10.4. The van der Waals surface area contributed by atoms with Crippen LogP contribution in [0.25, 0.3) is 32.9 Å². The number of rotatable bonds is 8. The van der Waals surface area contributed by atoms with Crippen LogP contribution in [-0.2, 0) is 11.2 Å². The van der Waals surface area contributed by atoms with Crippen molar-refractivity contribution in [2.75, 3.05) is 31.6 Å². The van der Waals surface area contributed by atoms with Gasteiger partial charge in [0.1, 0.15) is 5.52 Å². The van der Waals surface area contributed by atoms with E-state index < -0.39 is 5.82 Å². The number of hydrogen-bond acceptors (Lipinski definition) is 7. The Hall–Kier alpha value is -4.43. The van der Waals surface area contributed by atoms with Crippen LogP contribution in [0.3, 0.4) is 0 Å². The van der Waals surface area contributed by atoms with E-state index in [9.17, 15) is 10.1 Å². The molecule has 9 nitrogen and oxygen atoms in total. The van der Waals surface area contributed by atoms with Crippen LogP contribution >= 0.6 is 23.2 Å². The third kappa shape index (κ3) is 5.44. The van der Waals surface area contributed by atoms with Crippen molar-refractivity contribution in [1.82, 2.24) is 24.8 Å². The minimum Gasteiger partial charge on any atom is -0.481 e. The molecule has 2 saturated carbocycles. The first-order valence-corrected chi connectivity index (χ1v) is 20.2. The number of methoxy groups -OCH3 is 1. The zero-order chi connectivity index (χ0) is 37.9. The molecule has 6 atom stereocenters. The maximum atomic E-state index is 17.4. The Bertz CT molecular complexity index is 2460. The number of piperidine rings is 1. The molecule has 11 rings (SSSR count). The molecule has 0 spiro atoms. The molecule has 12 heteroatoms. The fraction of sp³-hybridized carbons (Fsp3) is 0.442. The number of anilines is 1. The number of aryl methyl sites for hydroxylation is 3. The van der Waals surface area contributed by atoms with Crippen LogP contribution in [0.5, 0.6) is 5.88 Å². The van der Waals surface area contributed by atoms with Gasteiger partial charge >= 0.3 is 0 Å². The standard InChI is InChI=1S/C43H42Cl2FN7O2/c1-21-12-27(16-35(49-21)55-3)51-19-26-13-28(20-51)52(43(54)23-9-10-23)41(26)34-17-30-22(2)50-39-31(42(30)53(34)40-25-15-33(40)48-18-25)14-24(6-5-11-47)36(38(39)46)29-7-4-8-32(44)37(29)45/h4,7-8,12,14,16-17,23,25-26,28,33,40-41,48H,5-6,9-10,13,15,18-20H2,1-3H3/t25-,26+,28-,33-,40+,41-/m1/s1. The van der Waals surface area contributed by atoms with Crippen LogP contribution in [0.15, 0.2) is 42.5 Å². The number of nitrogens with one attached hydrogen (secondary N) is 1. The number of amides is 1. The van der Waals surface area contributed by atoms with E-state index in [-0.39, 0.29) is 58.9 Å². The van der Waals surface area contributed by atoms with Gasteiger partial charge in [0, 0.05) is 94.7 Å². The Morgan fingerprint density at radius 1 is 1.07 bits per heavy atom. The normalized spacial score (nSPS) is 25.5. The van der Waals surface area contributed by atoms with Gasteiger partial charge in [0.2, 0.25) is 11.8 Å². The van der Waals surface area contributed by atoms with Crippen molar-refractivity contribution in [2.45, 2.75) is 76.5 Å². The quantitative estimate of drug-likeness (QED) is 0.169. The summed E-state index contributed by atoms with van der Waals surface area (Å²) in [6.45, 7) is 6.39. The molecule has 4 saturated heterocycles.